The van der Waals surface area contributed by atoms with Gasteiger partial charge in [-0.15, -0.1) is 0 Å². The van der Waals surface area contributed by atoms with E-state index >= 15 is 0 Å². The van der Waals surface area contributed by atoms with Crippen LogP contribution in [0.4, 0.5) is 5.69 Å². The number of anilines is 1. The Kier molecular flexibility index (Phi) is 5.80. The highest BCUT2D eigenvalue weighted by molar-refractivity contribution is 7.80. The van der Waals surface area contributed by atoms with Gasteiger partial charge in [0.25, 0.3) is 0 Å². The molecule has 6 heteroatoms. The first-order chi connectivity index (χ1) is 10.2. The first-order valence-electron chi connectivity index (χ1n) is 7.24. The van der Waals surface area contributed by atoms with Crippen molar-refractivity contribution in [3.8, 4) is 5.75 Å². The van der Waals surface area contributed by atoms with Gasteiger partial charge in [0.05, 0.1) is 6.61 Å². The third kappa shape index (κ3) is 4.90. The fourth-order valence-electron chi connectivity index (χ4n) is 2.25. The summed E-state index contributed by atoms with van der Waals surface area (Å²) in [5.74, 6) is 1.05. The van der Waals surface area contributed by atoms with Gasteiger partial charge in [0.2, 0.25) is 5.91 Å². The van der Waals surface area contributed by atoms with E-state index in [1.807, 2.05) is 36.1 Å². The SMILES string of the molecule is CCOc1cccc(NC(=S)NCCN2CCCC2=O)c1. The van der Waals surface area contributed by atoms with Gasteiger partial charge in [-0.3, -0.25) is 4.79 Å². The summed E-state index contributed by atoms with van der Waals surface area (Å²) in [6.07, 6.45) is 1.64. The molecule has 0 bridgehead atoms. The predicted octanol–water partition coefficient (Wildman–Crippen LogP) is 1.99. The Balaban J connectivity index is 1.73. The van der Waals surface area contributed by atoms with E-state index in [4.69, 9.17) is 17.0 Å². The quantitative estimate of drug-likeness (QED) is 0.787. The van der Waals surface area contributed by atoms with Gasteiger partial charge in [-0.05, 0) is 37.7 Å². The van der Waals surface area contributed by atoms with Crippen molar-refractivity contribution >= 4 is 28.9 Å². The lowest BCUT2D eigenvalue weighted by atomic mass is 10.3. The minimum Gasteiger partial charge on any atom is -0.494 e. The maximum Gasteiger partial charge on any atom is 0.222 e. The molecule has 0 spiro atoms. The molecule has 1 aromatic rings. The van der Waals surface area contributed by atoms with Crippen molar-refractivity contribution in [2.24, 2.45) is 0 Å². The second-order valence-corrected chi connectivity index (χ2v) is 5.23. The highest BCUT2D eigenvalue weighted by atomic mass is 32.1. The van der Waals surface area contributed by atoms with Crippen LogP contribution in [-0.4, -0.2) is 42.2 Å². The van der Waals surface area contributed by atoms with Crippen LogP contribution < -0.4 is 15.4 Å². The molecule has 1 aliphatic rings. The van der Waals surface area contributed by atoms with Crippen molar-refractivity contribution in [1.82, 2.24) is 10.2 Å². The Morgan fingerprint density at radius 2 is 2.33 bits per heavy atom. The standard InChI is InChI=1S/C15H21N3O2S/c1-2-20-13-6-3-5-12(11-13)17-15(21)16-8-10-18-9-4-7-14(18)19/h3,5-6,11H,2,4,7-10H2,1H3,(H2,16,17,21). The number of carbonyl (C=O) groups is 1. The van der Waals surface area contributed by atoms with Crippen LogP contribution in [0.15, 0.2) is 24.3 Å². The number of hydrogen-bond acceptors (Lipinski definition) is 3. The fraction of sp³-hybridized carbons (Fsp3) is 0.467. The average molecular weight is 307 g/mol. The molecule has 0 aliphatic carbocycles. The Morgan fingerprint density at radius 1 is 1.48 bits per heavy atom. The Bertz CT molecular complexity index is 507. The number of hydrogen-bond donors (Lipinski definition) is 2. The lowest BCUT2D eigenvalue weighted by Gasteiger charge is -2.17. The second-order valence-electron chi connectivity index (χ2n) is 4.83. The van der Waals surface area contributed by atoms with Crippen molar-refractivity contribution in [2.45, 2.75) is 19.8 Å². The van der Waals surface area contributed by atoms with E-state index in [1.165, 1.54) is 0 Å². The van der Waals surface area contributed by atoms with E-state index in [0.717, 1.165) is 24.4 Å². The summed E-state index contributed by atoms with van der Waals surface area (Å²) in [4.78, 5) is 13.3. The largest absolute Gasteiger partial charge is 0.494 e. The van der Waals surface area contributed by atoms with Gasteiger partial charge in [0, 0.05) is 37.8 Å². The van der Waals surface area contributed by atoms with Gasteiger partial charge in [-0.2, -0.15) is 0 Å². The zero-order chi connectivity index (χ0) is 15.1. The highest BCUT2D eigenvalue weighted by Gasteiger charge is 2.19. The minimum atomic E-state index is 0.236. The van der Waals surface area contributed by atoms with Crippen molar-refractivity contribution in [3.63, 3.8) is 0 Å². The maximum atomic E-state index is 11.5. The lowest BCUT2D eigenvalue weighted by Crippen LogP contribution is -2.37. The van der Waals surface area contributed by atoms with Crippen LogP contribution in [0.2, 0.25) is 0 Å². The molecule has 5 nitrogen and oxygen atoms in total. The molecular formula is C15H21N3O2S. The molecule has 2 N–H and O–H groups in total. The number of thiocarbonyl (C=S) groups is 1. The van der Waals surface area contributed by atoms with Crippen molar-refractivity contribution in [3.05, 3.63) is 24.3 Å². The molecule has 0 atom stereocenters. The summed E-state index contributed by atoms with van der Waals surface area (Å²) in [6, 6.07) is 7.66. The third-order valence-electron chi connectivity index (χ3n) is 3.24. The van der Waals surface area contributed by atoms with Gasteiger partial charge in [-0.1, -0.05) is 6.07 Å². The molecule has 1 amide bonds. The zero-order valence-corrected chi connectivity index (χ0v) is 13.0. The van der Waals surface area contributed by atoms with Crippen LogP contribution in [0.5, 0.6) is 5.75 Å². The predicted molar refractivity (Wildman–Crippen MR) is 87.6 cm³/mol. The van der Waals surface area contributed by atoms with Crippen molar-refractivity contribution in [2.75, 3.05) is 31.6 Å². The molecule has 0 radical (unpaired) electrons. The van der Waals surface area contributed by atoms with E-state index in [2.05, 4.69) is 10.6 Å². The molecule has 1 aliphatic heterocycles. The van der Waals surface area contributed by atoms with E-state index in [9.17, 15) is 4.79 Å². The molecular weight excluding hydrogens is 286 g/mol. The zero-order valence-electron chi connectivity index (χ0n) is 12.2. The number of carbonyl (C=O) groups excluding carboxylic acids is 1. The third-order valence-corrected chi connectivity index (χ3v) is 3.49. The summed E-state index contributed by atoms with van der Waals surface area (Å²) in [5.41, 5.74) is 0.885. The molecule has 0 unspecified atom stereocenters. The van der Waals surface area contributed by atoms with Crippen LogP contribution >= 0.6 is 12.2 Å². The molecule has 0 saturated carbocycles. The molecule has 114 valence electrons. The second kappa shape index (κ2) is 7.83. The van der Waals surface area contributed by atoms with Crippen LogP contribution in [0.3, 0.4) is 0 Å². The van der Waals surface area contributed by atoms with E-state index in [1.54, 1.807) is 0 Å². The summed E-state index contributed by atoms with van der Waals surface area (Å²) in [7, 11) is 0. The summed E-state index contributed by atoms with van der Waals surface area (Å²) in [5, 5.41) is 6.78. The highest BCUT2D eigenvalue weighted by Crippen LogP contribution is 2.17. The molecule has 1 fully saturated rings. The fourth-order valence-corrected chi connectivity index (χ4v) is 2.47. The van der Waals surface area contributed by atoms with Crippen LogP contribution in [0.1, 0.15) is 19.8 Å². The van der Waals surface area contributed by atoms with Crippen LogP contribution in [-0.2, 0) is 4.79 Å². The molecule has 1 saturated heterocycles. The molecule has 21 heavy (non-hydrogen) atoms. The van der Waals surface area contributed by atoms with Gasteiger partial charge in [0.15, 0.2) is 5.11 Å². The number of ether oxygens (including phenoxy) is 1. The monoisotopic (exact) mass is 307 g/mol. The summed E-state index contributed by atoms with van der Waals surface area (Å²) in [6.45, 7) is 4.79. The molecule has 0 aromatic heterocycles. The van der Waals surface area contributed by atoms with Gasteiger partial charge in [-0.25, -0.2) is 0 Å². The number of rotatable bonds is 6. The van der Waals surface area contributed by atoms with Crippen LogP contribution in [0, 0.1) is 0 Å². The van der Waals surface area contributed by atoms with E-state index in [-0.39, 0.29) is 5.91 Å². The lowest BCUT2D eigenvalue weighted by molar-refractivity contribution is -0.127. The topological polar surface area (TPSA) is 53.6 Å². The number of nitrogens with one attached hydrogen (secondary N) is 2. The number of nitrogens with zero attached hydrogens (tertiary/aromatic N) is 1. The Morgan fingerprint density at radius 3 is 3.05 bits per heavy atom. The molecule has 1 heterocycles. The Labute approximate surface area is 130 Å². The van der Waals surface area contributed by atoms with Gasteiger partial charge in [0.1, 0.15) is 5.75 Å². The first kappa shape index (κ1) is 15.6. The van der Waals surface area contributed by atoms with Crippen molar-refractivity contribution in [1.29, 1.82) is 0 Å². The minimum absolute atomic E-state index is 0.236. The van der Waals surface area contributed by atoms with Gasteiger partial charge < -0.3 is 20.3 Å². The summed E-state index contributed by atoms with van der Waals surface area (Å²) < 4.78 is 5.44. The van der Waals surface area contributed by atoms with Crippen molar-refractivity contribution < 1.29 is 9.53 Å². The van der Waals surface area contributed by atoms with E-state index in [0.29, 0.717) is 31.2 Å². The molecule has 1 aromatic carbocycles. The molecule has 2 rings (SSSR count). The number of amides is 1. The van der Waals surface area contributed by atoms with E-state index < -0.39 is 0 Å². The normalized spacial score (nSPS) is 14.1. The smallest absolute Gasteiger partial charge is 0.222 e. The maximum absolute atomic E-state index is 11.5. The van der Waals surface area contributed by atoms with Crippen LogP contribution in [0.25, 0.3) is 0 Å². The summed E-state index contributed by atoms with van der Waals surface area (Å²) >= 11 is 5.25. The van der Waals surface area contributed by atoms with Gasteiger partial charge >= 0.3 is 0 Å². The number of benzene rings is 1. The number of likely N-dealkylation sites (tertiary alicyclic amines) is 1. The average Bonchev–Trinajstić information content (AvgIpc) is 2.85. The first-order valence-corrected chi connectivity index (χ1v) is 7.65. The Hall–Kier alpha value is -1.82.